The van der Waals surface area contributed by atoms with Crippen molar-refractivity contribution in [2.75, 3.05) is 32.9 Å². The maximum atomic E-state index is 13.9. The Morgan fingerprint density at radius 3 is 1.07 bits per heavy atom. The molecule has 8 heteroatoms. The smallest absolute Gasteiger partial charge is 0.418 e. The van der Waals surface area contributed by atoms with Gasteiger partial charge < -0.3 is 14.4 Å². The first kappa shape index (κ1) is 54.7. The molecule has 0 rings (SSSR count). The summed E-state index contributed by atoms with van der Waals surface area (Å²) in [5.41, 5.74) is 0. The van der Waals surface area contributed by atoms with Crippen molar-refractivity contribution in [1.82, 2.24) is 9.80 Å². The summed E-state index contributed by atoms with van der Waals surface area (Å²) in [6, 6.07) is 0. The monoisotopic (exact) mass is 811 g/mol. The van der Waals surface area contributed by atoms with Gasteiger partial charge in [0.15, 0.2) is 0 Å². The van der Waals surface area contributed by atoms with E-state index in [1.165, 1.54) is 141 Å². The molecule has 0 heterocycles. The molecule has 2 amide bonds. The van der Waals surface area contributed by atoms with Crippen molar-refractivity contribution in [2.45, 2.75) is 258 Å². The van der Waals surface area contributed by atoms with E-state index in [9.17, 15) is 14.4 Å². The molecule has 0 aromatic carbocycles. The van der Waals surface area contributed by atoms with Crippen LogP contribution in [0.5, 0.6) is 0 Å². The fourth-order valence-electron chi connectivity index (χ4n) is 7.35. The van der Waals surface area contributed by atoms with Crippen LogP contribution in [0.3, 0.4) is 0 Å². The topological polar surface area (TPSA) is 76.1 Å². The third-order valence-corrected chi connectivity index (χ3v) is 11.9. The van der Waals surface area contributed by atoms with Gasteiger partial charge >= 0.3 is 12.1 Å². The highest BCUT2D eigenvalue weighted by molar-refractivity contribution is 8.13. The molecule has 56 heavy (non-hydrogen) atoms. The Hall–Kier alpha value is -1.28. The normalized spacial score (nSPS) is 12.6. The fraction of sp³-hybridized carbons (Fsp3) is 0.938. The predicted octanol–water partition coefficient (Wildman–Crippen LogP) is 15.5. The highest BCUT2D eigenvalue weighted by Crippen LogP contribution is 2.22. The van der Waals surface area contributed by atoms with Gasteiger partial charge in [-0.1, -0.05) is 206 Å². The molecule has 2 unspecified atom stereocenters. The number of amides is 2. The molecule has 0 N–H and O–H groups in total. The van der Waals surface area contributed by atoms with Crippen molar-refractivity contribution in [3.05, 3.63) is 0 Å². The highest BCUT2D eigenvalue weighted by Gasteiger charge is 2.30. The second kappa shape index (κ2) is 41.9. The number of hydrogen-bond acceptors (Lipinski definition) is 7. The molecule has 0 aliphatic heterocycles. The van der Waals surface area contributed by atoms with Crippen LogP contribution in [-0.2, 0) is 14.3 Å². The predicted molar refractivity (Wildman–Crippen MR) is 243 cm³/mol. The average Bonchev–Trinajstić information content (AvgIpc) is 3.17. The zero-order valence-electron chi connectivity index (χ0n) is 38.2. The van der Waals surface area contributed by atoms with Crippen LogP contribution in [0, 0.1) is 0 Å². The van der Waals surface area contributed by atoms with Gasteiger partial charge in [0, 0.05) is 12.3 Å². The summed E-state index contributed by atoms with van der Waals surface area (Å²) in [5.74, 6) is 0.0340. The summed E-state index contributed by atoms with van der Waals surface area (Å²) < 4.78 is 12.3. The van der Waals surface area contributed by atoms with Crippen molar-refractivity contribution in [3.8, 4) is 0 Å². The van der Waals surface area contributed by atoms with Gasteiger partial charge in [0.25, 0.3) is 5.24 Å². The van der Waals surface area contributed by atoms with Gasteiger partial charge in [0.1, 0.15) is 18.8 Å². The molecule has 0 saturated heterocycles. The van der Waals surface area contributed by atoms with Crippen molar-refractivity contribution in [1.29, 1.82) is 0 Å². The molecule has 332 valence electrons. The molecule has 0 saturated carbocycles. The number of imide groups is 1. The molecule has 0 radical (unpaired) electrons. The number of thioether (sulfide) groups is 1. The Morgan fingerprint density at radius 1 is 0.446 bits per heavy atom. The summed E-state index contributed by atoms with van der Waals surface area (Å²) in [6.07, 6.45) is 38.7. The summed E-state index contributed by atoms with van der Waals surface area (Å²) in [6.45, 7) is 9.30. The van der Waals surface area contributed by atoms with E-state index in [1.54, 1.807) is 0 Å². The second-order valence-corrected chi connectivity index (χ2v) is 18.0. The van der Waals surface area contributed by atoms with E-state index in [2.05, 4.69) is 27.7 Å². The number of unbranched alkanes of at least 4 members (excludes halogenated alkanes) is 26. The van der Waals surface area contributed by atoms with Gasteiger partial charge in [-0.05, 0) is 65.5 Å². The van der Waals surface area contributed by atoms with E-state index in [0.717, 1.165) is 93.7 Å². The number of nitrogens with zero attached hydrogens (tertiary/aromatic N) is 2. The third-order valence-electron chi connectivity index (χ3n) is 11.1. The molecular weight excluding hydrogens is 717 g/mol. The van der Waals surface area contributed by atoms with Gasteiger partial charge in [-0.3, -0.25) is 9.59 Å². The molecule has 0 aliphatic rings. The standard InChI is InChI=1S/C48H94N2O5S/c1-7-11-15-19-23-27-31-34-38-44(37-33-29-25-21-17-13-9-3)54-46(51)43-50(48(53)56-42-41-49(5)6)47(52)55-45(39-35-30-26-22-18-14-10-4)40-36-32-28-24-20-16-12-8-2/h44-45H,7-43H2,1-6H3. The lowest BCUT2D eigenvalue weighted by Gasteiger charge is -2.25. The Morgan fingerprint density at radius 2 is 0.750 bits per heavy atom. The quantitative estimate of drug-likeness (QED) is 0.0449. The van der Waals surface area contributed by atoms with E-state index in [1.807, 2.05) is 19.0 Å². The van der Waals surface area contributed by atoms with Crippen LogP contribution in [0.25, 0.3) is 0 Å². The van der Waals surface area contributed by atoms with Crippen LogP contribution in [0.4, 0.5) is 9.59 Å². The Kier molecular flexibility index (Phi) is 40.9. The van der Waals surface area contributed by atoms with Crippen LogP contribution >= 0.6 is 11.8 Å². The van der Waals surface area contributed by atoms with Crippen LogP contribution in [0.2, 0.25) is 0 Å². The van der Waals surface area contributed by atoms with E-state index in [0.29, 0.717) is 12.3 Å². The van der Waals surface area contributed by atoms with Crippen molar-refractivity contribution < 1.29 is 23.9 Å². The van der Waals surface area contributed by atoms with Gasteiger partial charge in [0.2, 0.25) is 0 Å². The van der Waals surface area contributed by atoms with Crippen LogP contribution in [0.15, 0.2) is 0 Å². The zero-order chi connectivity index (χ0) is 41.3. The Balaban J connectivity index is 5.57. The number of carbonyl (C=O) groups is 3. The van der Waals surface area contributed by atoms with Gasteiger partial charge in [-0.15, -0.1) is 0 Å². The molecule has 7 nitrogen and oxygen atoms in total. The molecule has 0 bridgehead atoms. The average molecular weight is 811 g/mol. The van der Waals surface area contributed by atoms with Gasteiger partial charge in [-0.2, -0.15) is 0 Å². The fourth-order valence-corrected chi connectivity index (χ4v) is 8.28. The first-order valence-electron chi connectivity index (χ1n) is 24.3. The molecule has 0 fully saturated rings. The van der Waals surface area contributed by atoms with E-state index in [-0.39, 0.29) is 18.8 Å². The van der Waals surface area contributed by atoms with Crippen molar-refractivity contribution >= 4 is 29.1 Å². The largest absolute Gasteiger partial charge is 0.461 e. The summed E-state index contributed by atoms with van der Waals surface area (Å²) >= 11 is 1.08. The van der Waals surface area contributed by atoms with Gasteiger partial charge in [0.05, 0.1) is 0 Å². The maximum Gasteiger partial charge on any atom is 0.418 e. The first-order valence-corrected chi connectivity index (χ1v) is 25.3. The van der Waals surface area contributed by atoms with E-state index < -0.39 is 17.3 Å². The highest BCUT2D eigenvalue weighted by atomic mass is 32.2. The van der Waals surface area contributed by atoms with Crippen LogP contribution in [-0.4, -0.2) is 72.2 Å². The van der Waals surface area contributed by atoms with Crippen molar-refractivity contribution in [3.63, 3.8) is 0 Å². The lowest BCUT2D eigenvalue weighted by atomic mass is 10.0. The SMILES string of the molecule is CCCCCCCCCCC(CCCCCCCCC)OC(=O)CN(C(=O)OC(CCCCCCCCC)CCCCCCCCCC)C(=O)SCCN(C)C. The molecular formula is C48H94N2O5S. The minimum atomic E-state index is -0.691. The minimum absolute atomic E-state index is 0.181. The Bertz CT molecular complexity index is 888. The van der Waals surface area contributed by atoms with Crippen molar-refractivity contribution in [2.24, 2.45) is 0 Å². The Labute approximate surface area is 352 Å². The number of ether oxygens (including phenoxy) is 2. The van der Waals surface area contributed by atoms with Crippen LogP contribution < -0.4 is 0 Å². The van der Waals surface area contributed by atoms with Gasteiger partial charge in [-0.25, -0.2) is 9.69 Å². The minimum Gasteiger partial charge on any atom is -0.461 e. The number of rotatable bonds is 41. The lowest BCUT2D eigenvalue weighted by Crippen LogP contribution is -2.42. The first-order chi connectivity index (χ1) is 27.3. The number of esters is 1. The summed E-state index contributed by atoms with van der Waals surface area (Å²) in [4.78, 5) is 44.1. The lowest BCUT2D eigenvalue weighted by molar-refractivity contribution is -0.150. The number of hydrogen-bond donors (Lipinski definition) is 0. The second-order valence-electron chi connectivity index (χ2n) is 17.0. The molecule has 0 spiro atoms. The third kappa shape index (κ3) is 35.8. The maximum absolute atomic E-state index is 13.9. The van der Waals surface area contributed by atoms with E-state index >= 15 is 0 Å². The summed E-state index contributed by atoms with van der Waals surface area (Å²) in [7, 11) is 3.93. The summed E-state index contributed by atoms with van der Waals surface area (Å²) in [5, 5.41) is -0.428. The molecule has 0 aromatic heterocycles. The molecule has 2 atom stereocenters. The molecule has 0 aliphatic carbocycles. The molecule has 0 aromatic rings. The van der Waals surface area contributed by atoms with Crippen LogP contribution in [0.1, 0.15) is 246 Å². The number of carbonyl (C=O) groups excluding carboxylic acids is 3. The van der Waals surface area contributed by atoms with E-state index in [4.69, 9.17) is 9.47 Å². The zero-order valence-corrected chi connectivity index (χ0v) is 39.0.